The fourth-order valence-corrected chi connectivity index (χ4v) is 6.31. The topological polar surface area (TPSA) is 133 Å². The van der Waals surface area contributed by atoms with Gasteiger partial charge in [-0.25, -0.2) is 18.2 Å². The number of hydrogen-bond acceptors (Lipinski definition) is 10. The van der Waals surface area contributed by atoms with Crippen LogP contribution in [0.4, 0.5) is 5.13 Å². The van der Waals surface area contributed by atoms with E-state index < -0.39 is 15.8 Å². The summed E-state index contributed by atoms with van der Waals surface area (Å²) in [4.78, 5) is 29.1. The minimum absolute atomic E-state index is 0.00468. The lowest BCUT2D eigenvalue weighted by Gasteiger charge is -2.08. The monoisotopic (exact) mass is 557 g/mol. The summed E-state index contributed by atoms with van der Waals surface area (Å²) >= 11 is 2.37. The molecule has 0 aliphatic carbocycles. The molecule has 2 aromatic carbocycles. The highest BCUT2D eigenvalue weighted by Gasteiger charge is 2.22. The number of carbonyl (C=O) groups excluding carboxylic acids is 2. The Morgan fingerprint density at radius 1 is 1.19 bits per heavy atom. The van der Waals surface area contributed by atoms with Crippen molar-refractivity contribution in [1.29, 1.82) is 0 Å². The number of anilines is 1. The zero-order chi connectivity index (χ0) is 26.4. The molecule has 13 heteroatoms. The van der Waals surface area contributed by atoms with Gasteiger partial charge in [0, 0.05) is 6.54 Å². The standard InChI is InChI=1S/C24H23N5O5S3/c1-3-12-29-20(15-37(32,33)17-8-6-5-7-9-17)27-28-24(29)35-14-21(30)26-23-25-18-11-10-16(13-19(18)36-23)22(31)34-4-2/h3,5-11,13H,1,4,12,14-15H2,2H3,(H,25,26,30). The summed E-state index contributed by atoms with van der Waals surface area (Å²) in [5.74, 6) is -0.801. The van der Waals surface area contributed by atoms with Crippen molar-refractivity contribution in [3.8, 4) is 0 Å². The molecule has 0 aliphatic rings. The van der Waals surface area contributed by atoms with Gasteiger partial charge in [0.25, 0.3) is 0 Å². The van der Waals surface area contributed by atoms with Crippen LogP contribution in [0.3, 0.4) is 0 Å². The fraction of sp³-hybridized carbons (Fsp3) is 0.208. The lowest BCUT2D eigenvalue weighted by Crippen LogP contribution is -2.15. The lowest BCUT2D eigenvalue weighted by atomic mass is 10.2. The smallest absolute Gasteiger partial charge is 0.338 e. The van der Waals surface area contributed by atoms with Crippen molar-refractivity contribution in [3.05, 3.63) is 72.6 Å². The van der Waals surface area contributed by atoms with Gasteiger partial charge in [0.1, 0.15) is 11.6 Å². The highest BCUT2D eigenvalue weighted by Crippen LogP contribution is 2.28. The van der Waals surface area contributed by atoms with Crippen molar-refractivity contribution in [2.24, 2.45) is 0 Å². The van der Waals surface area contributed by atoms with Crippen LogP contribution in [0.15, 0.2) is 71.2 Å². The number of nitrogens with one attached hydrogen (secondary N) is 1. The number of esters is 1. The Morgan fingerprint density at radius 3 is 2.70 bits per heavy atom. The molecule has 0 saturated heterocycles. The number of hydrogen-bond donors (Lipinski definition) is 1. The van der Waals surface area contributed by atoms with Crippen molar-refractivity contribution in [3.63, 3.8) is 0 Å². The molecule has 0 bridgehead atoms. The quantitative estimate of drug-likeness (QED) is 0.165. The van der Waals surface area contributed by atoms with Gasteiger partial charge in [-0.3, -0.25) is 4.79 Å². The van der Waals surface area contributed by atoms with Crippen molar-refractivity contribution in [2.45, 2.75) is 29.3 Å². The summed E-state index contributed by atoms with van der Waals surface area (Å²) in [6.07, 6.45) is 1.61. The zero-order valence-electron chi connectivity index (χ0n) is 19.8. The Morgan fingerprint density at radius 2 is 1.97 bits per heavy atom. The van der Waals surface area contributed by atoms with Crippen LogP contribution in [0.25, 0.3) is 10.2 Å². The summed E-state index contributed by atoms with van der Waals surface area (Å²) < 4.78 is 33.0. The van der Waals surface area contributed by atoms with E-state index in [9.17, 15) is 18.0 Å². The Labute approximate surface area is 221 Å². The minimum Gasteiger partial charge on any atom is -0.462 e. The molecule has 0 spiro atoms. The van der Waals surface area contributed by atoms with Gasteiger partial charge in [0.15, 0.2) is 20.1 Å². The zero-order valence-corrected chi connectivity index (χ0v) is 22.2. The number of thioether (sulfide) groups is 1. The number of rotatable bonds is 11. The molecule has 2 heterocycles. The van der Waals surface area contributed by atoms with Gasteiger partial charge in [0.05, 0.1) is 33.0 Å². The highest BCUT2D eigenvalue weighted by atomic mass is 32.2. The highest BCUT2D eigenvalue weighted by molar-refractivity contribution is 7.99. The number of carbonyl (C=O) groups is 2. The number of nitrogens with zero attached hydrogens (tertiary/aromatic N) is 4. The molecule has 0 aliphatic heterocycles. The summed E-state index contributed by atoms with van der Waals surface area (Å²) in [6, 6.07) is 13.1. The lowest BCUT2D eigenvalue weighted by molar-refractivity contribution is -0.113. The number of sulfone groups is 1. The molecular formula is C24H23N5O5S3. The molecule has 0 fully saturated rings. The average molecular weight is 558 g/mol. The Hall–Kier alpha value is -3.55. The number of aromatic nitrogens is 4. The SMILES string of the molecule is C=CCn1c(CS(=O)(=O)c2ccccc2)nnc1SCC(=O)Nc1nc2ccc(C(=O)OCC)cc2s1. The first-order valence-corrected chi connectivity index (χ1v) is 14.6. The third-order valence-corrected chi connectivity index (χ3v) is 8.53. The molecule has 37 heavy (non-hydrogen) atoms. The molecule has 4 aromatic rings. The van der Waals surface area contributed by atoms with Gasteiger partial charge in [0.2, 0.25) is 5.91 Å². The van der Waals surface area contributed by atoms with Crippen LogP contribution < -0.4 is 5.32 Å². The van der Waals surface area contributed by atoms with E-state index in [0.29, 0.717) is 21.4 Å². The van der Waals surface area contributed by atoms with Gasteiger partial charge < -0.3 is 14.6 Å². The first kappa shape index (κ1) is 26.5. The Bertz CT molecular complexity index is 1550. The molecule has 0 atom stereocenters. The molecule has 0 saturated carbocycles. The Balaban J connectivity index is 1.42. The normalized spacial score (nSPS) is 11.4. The second-order valence-corrected chi connectivity index (χ2v) is 11.6. The maximum atomic E-state index is 12.8. The van der Waals surface area contributed by atoms with Crippen LogP contribution >= 0.6 is 23.1 Å². The van der Waals surface area contributed by atoms with Crippen LogP contribution in [0, 0.1) is 0 Å². The second-order valence-electron chi connectivity index (χ2n) is 7.63. The Kier molecular flexibility index (Phi) is 8.36. The number of benzene rings is 2. The largest absolute Gasteiger partial charge is 0.462 e. The van der Waals surface area contributed by atoms with Gasteiger partial charge in [-0.2, -0.15) is 0 Å². The van der Waals surface area contributed by atoms with Gasteiger partial charge in [-0.1, -0.05) is 47.4 Å². The fourth-order valence-electron chi connectivity index (χ4n) is 3.33. The van der Waals surface area contributed by atoms with E-state index in [1.165, 1.54) is 23.5 Å². The molecule has 0 radical (unpaired) electrons. The van der Waals surface area contributed by atoms with Crippen molar-refractivity contribution in [2.75, 3.05) is 17.7 Å². The average Bonchev–Trinajstić information content (AvgIpc) is 3.46. The van der Waals surface area contributed by atoms with Crippen molar-refractivity contribution < 1.29 is 22.7 Å². The summed E-state index contributed by atoms with van der Waals surface area (Å²) in [5, 5.41) is 11.7. The van der Waals surface area contributed by atoms with E-state index in [1.54, 1.807) is 54.0 Å². The van der Waals surface area contributed by atoms with Gasteiger partial charge >= 0.3 is 5.97 Å². The van der Waals surface area contributed by atoms with E-state index in [2.05, 4.69) is 27.1 Å². The molecule has 1 amide bonds. The number of thiazole rings is 1. The first-order chi connectivity index (χ1) is 17.8. The maximum Gasteiger partial charge on any atom is 0.338 e. The summed E-state index contributed by atoms with van der Waals surface area (Å²) in [5.41, 5.74) is 1.06. The van der Waals surface area contributed by atoms with E-state index in [4.69, 9.17) is 4.74 Å². The van der Waals surface area contributed by atoms with Crippen LogP contribution in [-0.4, -0.2) is 52.4 Å². The number of fused-ring (bicyclic) bond motifs is 1. The molecule has 10 nitrogen and oxygen atoms in total. The maximum absolute atomic E-state index is 12.8. The van der Waals surface area contributed by atoms with Crippen molar-refractivity contribution in [1.82, 2.24) is 19.7 Å². The van der Waals surface area contributed by atoms with E-state index in [0.717, 1.165) is 16.5 Å². The van der Waals surface area contributed by atoms with Crippen LogP contribution in [-0.2, 0) is 31.7 Å². The number of amides is 1. The summed E-state index contributed by atoms with van der Waals surface area (Å²) in [6.45, 7) is 6.03. The van der Waals surface area contributed by atoms with Gasteiger partial charge in [-0.05, 0) is 37.3 Å². The molecule has 2 aromatic heterocycles. The molecule has 4 rings (SSSR count). The molecule has 1 N–H and O–H groups in total. The van der Waals surface area contributed by atoms with E-state index in [-0.39, 0.29) is 41.3 Å². The third-order valence-electron chi connectivity index (χ3n) is 5.00. The molecule has 0 unspecified atom stereocenters. The minimum atomic E-state index is -3.62. The second kappa shape index (κ2) is 11.7. The van der Waals surface area contributed by atoms with Crippen LogP contribution in [0.2, 0.25) is 0 Å². The van der Waals surface area contributed by atoms with Crippen LogP contribution in [0.5, 0.6) is 0 Å². The van der Waals surface area contributed by atoms with Crippen LogP contribution in [0.1, 0.15) is 23.1 Å². The van der Waals surface area contributed by atoms with Crippen molar-refractivity contribution >= 4 is 60.2 Å². The number of allylic oxidation sites excluding steroid dienone is 1. The first-order valence-electron chi connectivity index (χ1n) is 11.1. The third kappa shape index (κ3) is 6.42. The molecule has 192 valence electrons. The predicted molar refractivity (Wildman–Crippen MR) is 142 cm³/mol. The predicted octanol–water partition coefficient (Wildman–Crippen LogP) is 3.96. The number of ether oxygens (including phenoxy) is 1. The van der Waals surface area contributed by atoms with E-state index >= 15 is 0 Å². The van der Waals surface area contributed by atoms with E-state index in [1.807, 2.05) is 0 Å². The van der Waals surface area contributed by atoms with Gasteiger partial charge in [-0.15, -0.1) is 16.8 Å². The summed E-state index contributed by atoms with van der Waals surface area (Å²) in [7, 11) is -3.62. The molecular weight excluding hydrogens is 534 g/mol.